The van der Waals surface area contributed by atoms with E-state index in [2.05, 4.69) is 61.2 Å². The summed E-state index contributed by atoms with van der Waals surface area (Å²) in [5.41, 5.74) is 6.36. The van der Waals surface area contributed by atoms with Gasteiger partial charge in [-0.3, -0.25) is 4.79 Å². The summed E-state index contributed by atoms with van der Waals surface area (Å²) >= 11 is 0. The molecule has 2 aromatic rings. The highest BCUT2D eigenvalue weighted by Gasteiger charge is 2.17. The Labute approximate surface area is 157 Å². The van der Waals surface area contributed by atoms with Crippen LogP contribution in [0.1, 0.15) is 41.5 Å². The average Bonchev–Trinajstić information content (AvgIpc) is 3.15. The molecule has 1 aliphatic heterocycles. The van der Waals surface area contributed by atoms with E-state index in [1.165, 1.54) is 40.8 Å². The fourth-order valence-electron chi connectivity index (χ4n) is 3.81. The molecule has 138 valence electrons. The normalized spacial score (nSPS) is 13.9. The van der Waals surface area contributed by atoms with Crippen molar-refractivity contribution in [2.45, 2.75) is 46.1 Å². The Bertz CT molecular complexity index is 763. The van der Waals surface area contributed by atoms with Crippen molar-refractivity contribution in [2.24, 2.45) is 0 Å². The van der Waals surface area contributed by atoms with Crippen LogP contribution in [0.4, 0.5) is 5.69 Å². The second kappa shape index (κ2) is 8.39. The first-order chi connectivity index (χ1) is 12.5. The number of benzene rings is 2. The molecule has 0 atom stereocenters. The summed E-state index contributed by atoms with van der Waals surface area (Å²) in [7, 11) is 1.92. The van der Waals surface area contributed by atoms with Gasteiger partial charge in [0.1, 0.15) is 0 Å². The Morgan fingerprint density at radius 3 is 2.50 bits per heavy atom. The summed E-state index contributed by atoms with van der Waals surface area (Å²) < 4.78 is 0. The molecule has 0 aromatic heterocycles. The van der Waals surface area contributed by atoms with Gasteiger partial charge in [-0.25, -0.2) is 0 Å². The van der Waals surface area contributed by atoms with E-state index >= 15 is 0 Å². The first-order valence-corrected chi connectivity index (χ1v) is 9.67. The second-order valence-corrected chi connectivity index (χ2v) is 7.50. The van der Waals surface area contributed by atoms with Gasteiger partial charge in [-0.15, -0.1) is 0 Å². The predicted molar refractivity (Wildman–Crippen MR) is 109 cm³/mol. The third kappa shape index (κ3) is 4.46. The number of hydrogen-bond acceptors (Lipinski definition) is 2. The second-order valence-electron chi connectivity index (χ2n) is 7.50. The van der Waals surface area contributed by atoms with Gasteiger partial charge in [0.2, 0.25) is 5.91 Å². The lowest BCUT2D eigenvalue weighted by Gasteiger charge is -2.24. The number of aryl methyl sites for hydroxylation is 3. The highest BCUT2D eigenvalue weighted by atomic mass is 16.2. The van der Waals surface area contributed by atoms with E-state index in [1.807, 2.05) is 11.9 Å². The topological polar surface area (TPSA) is 23.6 Å². The lowest BCUT2D eigenvalue weighted by molar-refractivity contribution is -0.130. The van der Waals surface area contributed by atoms with Crippen LogP contribution in [0.15, 0.2) is 42.5 Å². The fourth-order valence-corrected chi connectivity index (χ4v) is 3.81. The highest BCUT2D eigenvalue weighted by molar-refractivity contribution is 5.76. The van der Waals surface area contributed by atoms with Crippen molar-refractivity contribution >= 4 is 11.6 Å². The zero-order chi connectivity index (χ0) is 18.5. The van der Waals surface area contributed by atoms with E-state index in [0.29, 0.717) is 13.0 Å². The van der Waals surface area contributed by atoms with Crippen LogP contribution in [-0.4, -0.2) is 30.9 Å². The molecule has 0 bridgehead atoms. The molecular formula is C23H30N2O. The molecular weight excluding hydrogens is 320 g/mol. The van der Waals surface area contributed by atoms with Crippen LogP contribution in [0.5, 0.6) is 0 Å². The number of rotatable bonds is 6. The monoisotopic (exact) mass is 350 g/mol. The van der Waals surface area contributed by atoms with Crippen molar-refractivity contribution in [2.75, 3.05) is 25.0 Å². The summed E-state index contributed by atoms with van der Waals surface area (Å²) in [6.45, 7) is 7.16. The maximum atomic E-state index is 12.6. The minimum Gasteiger partial charge on any atom is -0.371 e. The Kier molecular flexibility index (Phi) is 5.97. The number of hydrogen-bond donors (Lipinski definition) is 0. The summed E-state index contributed by atoms with van der Waals surface area (Å²) in [6, 6.07) is 15.0. The van der Waals surface area contributed by atoms with Crippen LogP contribution < -0.4 is 4.90 Å². The van der Waals surface area contributed by atoms with Crippen molar-refractivity contribution in [3.05, 3.63) is 64.7 Å². The van der Waals surface area contributed by atoms with Crippen LogP contribution >= 0.6 is 0 Å². The van der Waals surface area contributed by atoms with Crippen LogP contribution in [-0.2, 0) is 17.8 Å². The van der Waals surface area contributed by atoms with Crippen LogP contribution in [0.2, 0.25) is 0 Å². The molecule has 0 radical (unpaired) electrons. The van der Waals surface area contributed by atoms with Crippen molar-refractivity contribution in [3.8, 4) is 0 Å². The highest BCUT2D eigenvalue weighted by Crippen LogP contribution is 2.25. The van der Waals surface area contributed by atoms with E-state index in [4.69, 9.17) is 0 Å². The largest absolute Gasteiger partial charge is 0.371 e. The molecule has 0 spiro atoms. The molecule has 1 amide bonds. The zero-order valence-electron chi connectivity index (χ0n) is 16.3. The first-order valence-electron chi connectivity index (χ1n) is 9.67. The van der Waals surface area contributed by atoms with Gasteiger partial charge in [-0.1, -0.05) is 42.0 Å². The van der Waals surface area contributed by atoms with Gasteiger partial charge in [-0.05, 0) is 55.9 Å². The zero-order valence-corrected chi connectivity index (χ0v) is 16.3. The van der Waals surface area contributed by atoms with Crippen molar-refractivity contribution in [1.29, 1.82) is 0 Å². The smallest absolute Gasteiger partial charge is 0.222 e. The summed E-state index contributed by atoms with van der Waals surface area (Å²) in [5.74, 6) is 0.209. The fraction of sp³-hybridized carbons (Fsp3) is 0.435. The van der Waals surface area contributed by atoms with Crippen LogP contribution in [0.3, 0.4) is 0 Å². The van der Waals surface area contributed by atoms with Gasteiger partial charge < -0.3 is 9.80 Å². The Morgan fingerprint density at radius 2 is 1.77 bits per heavy atom. The van der Waals surface area contributed by atoms with Gasteiger partial charge in [-0.2, -0.15) is 0 Å². The lowest BCUT2D eigenvalue weighted by Crippen LogP contribution is -2.28. The third-order valence-electron chi connectivity index (χ3n) is 5.38. The summed E-state index contributed by atoms with van der Waals surface area (Å²) in [5, 5.41) is 0. The van der Waals surface area contributed by atoms with E-state index in [-0.39, 0.29) is 5.91 Å². The standard InChI is InChI=1S/C23H30N2O/c1-18-10-11-20(19(2)16-18)12-13-23(26)24(3)17-21-8-4-5-9-22(21)25-14-6-7-15-25/h4-5,8-11,16H,6-7,12-15,17H2,1-3H3. The molecule has 1 fully saturated rings. The molecule has 3 rings (SSSR count). The minimum atomic E-state index is 0.209. The van der Waals surface area contributed by atoms with E-state index in [9.17, 15) is 4.79 Å². The number of amides is 1. The molecule has 1 aliphatic rings. The molecule has 0 unspecified atom stereocenters. The first kappa shape index (κ1) is 18.5. The lowest BCUT2D eigenvalue weighted by atomic mass is 10.0. The van der Waals surface area contributed by atoms with Crippen LogP contribution in [0, 0.1) is 13.8 Å². The van der Waals surface area contributed by atoms with E-state index in [1.54, 1.807) is 0 Å². The Hall–Kier alpha value is -2.29. The van der Waals surface area contributed by atoms with Gasteiger partial charge in [0.25, 0.3) is 0 Å². The van der Waals surface area contributed by atoms with Gasteiger partial charge >= 0.3 is 0 Å². The number of para-hydroxylation sites is 1. The minimum absolute atomic E-state index is 0.209. The quantitative estimate of drug-likeness (QED) is 0.766. The van der Waals surface area contributed by atoms with Crippen molar-refractivity contribution in [1.82, 2.24) is 4.90 Å². The van der Waals surface area contributed by atoms with Crippen LogP contribution in [0.25, 0.3) is 0 Å². The van der Waals surface area contributed by atoms with Crippen molar-refractivity contribution in [3.63, 3.8) is 0 Å². The average molecular weight is 351 g/mol. The summed E-state index contributed by atoms with van der Waals surface area (Å²) in [4.78, 5) is 17.0. The number of anilines is 1. The SMILES string of the molecule is Cc1ccc(CCC(=O)N(C)Cc2ccccc2N2CCCC2)c(C)c1. The molecule has 3 nitrogen and oxygen atoms in total. The Morgan fingerprint density at radius 1 is 1.04 bits per heavy atom. The molecule has 3 heteroatoms. The maximum Gasteiger partial charge on any atom is 0.222 e. The molecule has 0 N–H and O–H groups in total. The van der Waals surface area contributed by atoms with Gasteiger partial charge in [0, 0.05) is 38.8 Å². The summed E-state index contributed by atoms with van der Waals surface area (Å²) in [6.07, 6.45) is 3.90. The number of carbonyl (C=O) groups excluding carboxylic acids is 1. The van der Waals surface area contributed by atoms with Gasteiger partial charge in [0.15, 0.2) is 0 Å². The number of carbonyl (C=O) groups is 1. The van der Waals surface area contributed by atoms with E-state index in [0.717, 1.165) is 19.5 Å². The number of nitrogens with zero attached hydrogens (tertiary/aromatic N) is 2. The predicted octanol–water partition coefficient (Wildman–Crippen LogP) is 4.49. The molecule has 1 saturated heterocycles. The van der Waals surface area contributed by atoms with Crippen molar-refractivity contribution < 1.29 is 4.79 Å². The molecule has 0 aliphatic carbocycles. The third-order valence-corrected chi connectivity index (χ3v) is 5.38. The molecule has 0 saturated carbocycles. The molecule has 26 heavy (non-hydrogen) atoms. The maximum absolute atomic E-state index is 12.6. The Balaban J connectivity index is 1.61. The molecule has 1 heterocycles. The van der Waals surface area contributed by atoms with Gasteiger partial charge in [0.05, 0.1) is 0 Å². The molecule has 2 aromatic carbocycles. The van der Waals surface area contributed by atoms with E-state index < -0.39 is 0 Å².